The third-order valence-electron chi connectivity index (χ3n) is 3.72. The van der Waals surface area contributed by atoms with Crippen LogP contribution >= 0.6 is 0 Å². The van der Waals surface area contributed by atoms with Crippen LogP contribution in [-0.2, 0) is 19.0 Å². The summed E-state index contributed by atoms with van der Waals surface area (Å²) >= 11 is 0. The van der Waals surface area contributed by atoms with Crippen LogP contribution in [0.5, 0.6) is 0 Å². The van der Waals surface area contributed by atoms with E-state index in [2.05, 4.69) is 5.32 Å². The van der Waals surface area contributed by atoms with Gasteiger partial charge in [0.1, 0.15) is 5.76 Å². The van der Waals surface area contributed by atoms with Crippen LogP contribution in [0.1, 0.15) is 32.6 Å². The number of amides is 1. The lowest BCUT2D eigenvalue weighted by Gasteiger charge is -2.18. The lowest BCUT2D eigenvalue weighted by Crippen LogP contribution is -2.29. The molecular weight excluding hydrogens is 258 g/mol. The van der Waals surface area contributed by atoms with Crippen LogP contribution in [0.25, 0.3) is 0 Å². The fourth-order valence-electron chi connectivity index (χ4n) is 2.46. The maximum Gasteiger partial charge on any atom is 0.250 e. The molecule has 0 aromatic rings. The van der Waals surface area contributed by atoms with Crippen LogP contribution < -0.4 is 5.32 Å². The van der Waals surface area contributed by atoms with Crippen molar-refractivity contribution in [2.75, 3.05) is 39.6 Å². The summed E-state index contributed by atoms with van der Waals surface area (Å²) < 4.78 is 16.3. The number of nitrogens with one attached hydrogen (secondary N) is 1. The summed E-state index contributed by atoms with van der Waals surface area (Å²) in [6, 6.07) is 0. The molecule has 1 amide bonds. The van der Waals surface area contributed by atoms with E-state index in [1.807, 2.05) is 6.92 Å². The Kier molecular flexibility index (Phi) is 6.33. The summed E-state index contributed by atoms with van der Waals surface area (Å²) in [6.07, 6.45) is 3.68. The van der Waals surface area contributed by atoms with Crippen molar-refractivity contribution in [3.05, 3.63) is 11.3 Å². The van der Waals surface area contributed by atoms with E-state index in [1.165, 1.54) is 0 Å². The van der Waals surface area contributed by atoms with Gasteiger partial charge in [-0.2, -0.15) is 0 Å². The normalized spacial score (nSPS) is 22.8. The highest BCUT2D eigenvalue weighted by molar-refractivity contribution is 5.93. The van der Waals surface area contributed by atoms with E-state index in [4.69, 9.17) is 14.2 Å². The SMILES string of the molecule is CC1=C(C(=O)NCCCOCC2CCOC2)CCCO1. The summed E-state index contributed by atoms with van der Waals surface area (Å²) in [5, 5.41) is 2.93. The molecule has 20 heavy (non-hydrogen) atoms. The van der Waals surface area contributed by atoms with Crippen molar-refractivity contribution in [3.8, 4) is 0 Å². The van der Waals surface area contributed by atoms with E-state index in [1.54, 1.807) is 0 Å². The molecule has 5 heteroatoms. The van der Waals surface area contributed by atoms with Gasteiger partial charge in [-0.05, 0) is 32.6 Å². The Morgan fingerprint density at radius 1 is 1.45 bits per heavy atom. The van der Waals surface area contributed by atoms with E-state index in [-0.39, 0.29) is 5.91 Å². The van der Waals surface area contributed by atoms with E-state index in [9.17, 15) is 4.79 Å². The quantitative estimate of drug-likeness (QED) is 0.722. The lowest BCUT2D eigenvalue weighted by molar-refractivity contribution is -0.118. The first-order valence-corrected chi connectivity index (χ1v) is 7.53. The molecule has 114 valence electrons. The summed E-state index contributed by atoms with van der Waals surface area (Å²) in [7, 11) is 0. The Bertz CT molecular complexity index is 348. The highest BCUT2D eigenvalue weighted by atomic mass is 16.5. The first kappa shape index (κ1) is 15.3. The van der Waals surface area contributed by atoms with Crippen molar-refractivity contribution < 1.29 is 19.0 Å². The number of carbonyl (C=O) groups excluding carboxylic acids is 1. The van der Waals surface area contributed by atoms with E-state index >= 15 is 0 Å². The summed E-state index contributed by atoms with van der Waals surface area (Å²) in [5.41, 5.74) is 0.792. The molecule has 0 radical (unpaired) electrons. The van der Waals surface area contributed by atoms with Gasteiger partial charge < -0.3 is 19.5 Å². The highest BCUT2D eigenvalue weighted by Gasteiger charge is 2.17. The molecule has 0 aromatic heterocycles. The maximum atomic E-state index is 11.9. The maximum absolute atomic E-state index is 11.9. The van der Waals surface area contributed by atoms with Crippen molar-refractivity contribution in [1.82, 2.24) is 5.32 Å². The Morgan fingerprint density at radius 3 is 3.10 bits per heavy atom. The predicted octanol–water partition coefficient (Wildman–Crippen LogP) is 1.63. The molecule has 0 saturated carbocycles. The number of hydrogen-bond acceptors (Lipinski definition) is 4. The second kappa shape index (κ2) is 8.27. The summed E-state index contributed by atoms with van der Waals surface area (Å²) in [6.45, 7) is 6.38. The molecule has 0 aromatic carbocycles. The van der Waals surface area contributed by atoms with Crippen LogP contribution in [0, 0.1) is 5.92 Å². The lowest BCUT2D eigenvalue weighted by atomic mass is 10.1. The van der Waals surface area contributed by atoms with Gasteiger partial charge in [-0.15, -0.1) is 0 Å². The zero-order valence-corrected chi connectivity index (χ0v) is 12.3. The van der Waals surface area contributed by atoms with Crippen molar-refractivity contribution >= 4 is 5.91 Å². The van der Waals surface area contributed by atoms with Gasteiger partial charge in [0, 0.05) is 25.7 Å². The minimum Gasteiger partial charge on any atom is -0.498 e. The fraction of sp³-hybridized carbons (Fsp3) is 0.800. The van der Waals surface area contributed by atoms with Gasteiger partial charge in [-0.1, -0.05) is 0 Å². The topological polar surface area (TPSA) is 56.8 Å². The highest BCUT2D eigenvalue weighted by Crippen LogP contribution is 2.18. The molecule has 1 unspecified atom stereocenters. The summed E-state index contributed by atoms with van der Waals surface area (Å²) in [5.74, 6) is 1.33. The van der Waals surface area contributed by atoms with Crippen molar-refractivity contribution in [3.63, 3.8) is 0 Å². The van der Waals surface area contributed by atoms with Crippen molar-refractivity contribution in [1.29, 1.82) is 0 Å². The molecule has 1 atom stereocenters. The minimum atomic E-state index is 0.00592. The second-order valence-corrected chi connectivity index (χ2v) is 5.40. The Hall–Kier alpha value is -1.07. The Morgan fingerprint density at radius 2 is 2.35 bits per heavy atom. The molecule has 2 heterocycles. The molecule has 5 nitrogen and oxygen atoms in total. The monoisotopic (exact) mass is 283 g/mol. The van der Waals surface area contributed by atoms with Gasteiger partial charge in [0.25, 0.3) is 5.91 Å². The molecule has 0 aliphatic carbocycles. The standard InChI is InChI=1S/C15H25NO4/c1-12-14(4-2-8-20-12)15(17)16-6-3-7-18-10-13-5-9-19-11-13/h13H,2-11H2,1H3,(H,16,17). The van der Waals surface area contributed by atoms with Gasteiger partial charge in [-0.3, -0.25) is 4.79 Å². The largest absolute Gasteiger partial charge is 0.498 e. The van der Waals surface area contributed by atoms with Crippen LogP contribution in [-0.4, -0.2) is 45.5 Å². The molecule has 1 N–H and O–H groups in total. The Balaban J connectivity index is 1.53. The fourth-order valence-corrected chi connectivity index (χ4v) is 2.46. The zero-order chi connectivity index (χ0) is 14.2. The molecule has 0 spiro atoms. The Labute approximate surface area is 120 Å². The van der Waals surface area contributed by atoms with Gasteiger partial charge in [-0.25, -0.2) is 0 Å². The number of ether oxygens (including phenoxy) is 3. The van der Waals surface area contributed by atoms with Crippen LogP contribution in [0.4, 0.5) is 0 Å². The van der Waals surface area contributed by atoms with Crippen LogP contribution in [0.15, 0.2) is 11.3 Å². The minimum absolute atomic E-state index is 0.00592. The van der Waals surface area contributed by atoms with Gasteiger partial charge in [0.15, 0.2) is 0 Å². The predicted molar refractivity (Wildman–Crippen MR) is 75.3 cm³/mol. The average molecular weight is 283 g/mol. The number of allylic oxidation sites excluding steroid dienone is 1. The van der Waals surface area contributed by atoms with Crippen molar-refractivity contribution in [2.24, 2.45) is 5.92 Å². The number of rotatable bonds is 7. The zero-order valence-electron chi connectivity index (χ0n) is 12.3. The molecule has 0 bridgehead atoms. The molecule has 1 fully saturated rings. The molecule has 2 rings (SSSR count). The van der Waals surface area contributed by atoms with Crippen LogP contribution in [0.3, 0.4) is 0 Å². The van der Waals surface area contributed by atoms with E-state index in [0.717, 1.165) is 63.4 Å². The van der Waals surface area contributed by atoms with Gasteiger partial charge >= 0.3 is 0 Å². The average Bonchev–Trinajstić information content (AvgIpc) is 2.96. The van der Waals surface area contributed by atoms with E-state index < -0.39 is 0 Å². The van der Waals surface area contributed by atoms with Gasteiger partial charge in [0.2, 0.25) is 0 Å². The number of hydrogen-bond donors (Lipinski definition) is 1. The van der Waals surface area contributed by atoms with Crippen LogP contribution in [0.2, 0.25) is 0 Å². The first-order chi connectivity index (χ1) is 9.77. The molecule has 1 saturated heterocycles. The smallest absolute Gasteiger partial charge is 0.250 e. The third-order valence-corrected chi connectivity index (χ3v) is 3.72. The third kappa shape index (κ3) is 4.80. The molecule has 2 aliphatic heterocycles. The van der Waals surface area contributed by atoms with Crippen molar-refractivity contribution in [2.45, 2.75) is 32.6 Å². The second-order valence-electron chi connectivity index (χ2n) is 5.40. The molecule has 2 aliphatic rings. The van der Waals surface area contributed by atoms with E-state index in [0.29, 0.717) is 19.1 Å². The van der Waals surface area contributed by atoms with Gasteiger partial charge in [0.05, 0.1) is 25.4 Å². The molecular formula is C15H25NO4. The summed E-state index contributed by atoms with van der Waals surface area (Å²) in [4.78, 5) is 11.9. The first-order valence-electron chi connectivity index (χ1n) is 7.53. The number of carbonyl (C=O) groups is 1.